The smallest absolute Gasteiger partial charge is 0.119 e. The largest absolute Gasteiger partial charge is 0.494 e. The third-order valence-electron chi connectivity index (χ3n) is 3.62. The van der Waals surface area contributed by atoms with E-state index >= 15 is 0 Å². The van der Waals surface area contributed by atoms with E-state index in [1.54, 1.807) is 0 Å². The maximum absolute atomic E-state index is 5.89. The molecule has 3 heteroatoms. The quantitative estimate of drug-likeness (QED) is 0.813. The van der Waals surface area contributed by atoms with Crippen LogP contribution in [0, 0.1) is 0 Å². The number of nitrogens with one attached hydrogen (secondary N) is 1. The number of ether oxygens (including phenoxy) is 1. The molecule has 1 atom stereocenters. The Balaban J connectivity index is 1.97. The molecule has 1 aromatic rings. The van der Waals surface area contributed by atoms with E-state index in [9.17, 15) is 0 Å². The van der Waals surface area contributed by atoms with Gasteiger partial charge in [0.25, 0.3) is 0 Å². The lowest BCUT2D eigenvalue weighted by molar-refractivity contribution is 0.340. The second-order valence-electron chi connectivity index (χ2n) is 4.94. The van der Waals surface area contributed by atoms with E-state index in [0.29, 0.717) is 19.2 Å². The van der Waals surface area contributed by atoms with Crippen LogP contribution in [0.1, 0.15) is 44.2 Å². The second-order valence-corrected chi connectivity index (χ2v) is 4.94. The van der Waals surface area contributed by atoms with Crippen molar-refractivity contribution >= 4 is 0 Å². The lowest BCUT2D eigenvalue weighted by Crippen LogP contribution is -2.35. The highest BCUT2D eigenvalue weighted by Crippen LogP contribution is 2.23. The monoisotopic (exact) mass is 248 g/mol. The summed E-state index contributed by atoms with van der Waals surface area (Å²) < 4.78 is 5.46. The van der Waals surface area contributed by atoms with Crippen molar-refractivity contribution in [3.63, 3.8) is 0 Å². The van der Waals surface area contributed by atoms with Gasteiger partial charge >= 0.3 is 0 Å². The van der Waals surface area contributed by atoms with Gasteiger partial charge in [-0.3, -0.25) is 0 Å². The van der Waals surface area contributed by atoms with Gasteiger partial charge in [0.2, 0.25) is 0 Å². The molecule has 0 radical (unpaired) electrons. The van der Waals surface area contributed by atoms with E-state index in [1.165, 1.54) is 31.2 Å². The Hall–Kier alpha value is -1.06. The van der Waals surface area contributed by atoms with Crippen molar-refractivity contribution in [2.45, 2.75) is 44.7 Å². The van der Waals surface area contributed by atoms with Gasteiger partial charge in [0.1, 0.15) is 5.75 Å². The van der Waals surface area contributed by atoms with Crippen molar-refractivity contribution in [1.82, 2.24) is 5.32 Å². The molecule has 0 saturated heterocycles. The minimum atomic E-state index is 0.267. The van der Waals surface area contributed by atoms with Crippen LogP contribution in [0.25, 0.3) is 0 Å². The molecule has 1 aliphatic rings. The Morgan fingerprint density at radius 1 is 1.28 bits per heavy atom. The van der Waals surface area contributed by atoms with Gasteiger partial charge in [0.05, 0.1) is 6.61 Å². The van der Waals surface area contributed by atoms with Crippen molar-refractivity contribution in [2.24, 2.45) is 5.73 Å². The van der Waals surface area contributed by atoms with Crippen LogP contribution in [0.15, 0.2) is 24.3 Å². The van der Waals surface area contributed by atoms with Crippen LogP contribution in [0.5, 0.6) is 5.75 Å². The van der Waals surface area contributed by atoms with Gasteiger partial charge < -0.3 is 15.8 Å². The van der Waals surface area contributed by atoms with Gasteiger partial charge in [-0.2, -0.15) is 0 Å². The molecule has 0 aromatic heterocycles. The molecular formula is C15H24N2O. The molecular weight excluding hydrogens is 224 g/mol. The SMILES string of the molecule is CCOc1ccc(C(CN)NC2CCCC2)cc1. The summed E-state index contributed by atoms with van der Waals surface area (Å²) in [5.41, 5.74) is 7.14. The summed E-state index contributed by atoms with van der Waals surface area (Å²) in [5.74, 6) is 0.929. The molecule has 1 saturated carbocycles. The zero-order valence-corrected chi connectivity index (χ0v) is 11.2. The normalized spacial score (nSPS) is 17.9. The van der Waals surface area contributed by atoms with Crippen LogP contribution in [0.3, 0.4) is 0 Å². The fourth-order valence-electron chi connectivity index (χ4n) is 2.64. The topological polar surface area (TPSA) is 47.3 Å². The van der Waals surface area contributed by atoms with Crippen molar-refractivity contribution < 1.29 is 4.74 Å². The molecule has 0 bridgehead atoms. The predicted molar refractivity (Wildman–Crippen MR) is 74.8 cm³/mol. The van der Waals surface area contributed by atoms with E-state index < -0.39 is 0 Å². The third kappa shape index (κ3) is 3.47. The minimum Gasteiger partial charge on any atom is -0.494 e. The van der Waals surface area contributed by atoms with Crippen molar-refractivity contribution in [3.8, 4) is 5.75 Å². The van der Waals surface area contributed by atoms with Gasteiger partial charge in [-0.15, -0.1) is 0 Å². The first-order chi connectivity index (χ1) is 8.83. The van der Waals surface area contributed by atoms with Gasteiger partial charge in [-0.25, -0.2) is 0 Å². The highest BCUT2D eigenvalue weighted by atomic mass is 16.5. The van der Waals surface area contributed by atoms with E-state index in [2.05, 4.69) is 17.4 Å². The lowest BCUT2D eigenvalue weighted by atomic mass is 10.1. The fourth-order valence-corrected chi connectivity index (χ4v) is 2.64. The second kappa shape index (κ2) is 6.76. The summed E-state index contributed by atoms with van der Waals surface area (Å²) in [6.07, 6.45) is 5.26. The first kappa shape index (κ1) is 13.4. The lowest BCUT2D eigenvalue weighted by Gasteiger charge is -2.22. The van der Waals surface area contributed by atoms with Crippen LogP contribution in [0.2, 0.25) is 0 Å². The van der Waals surface area contributed by atoms with Crippen LogP contribution in [-0.4, -0.2) is 19.2 Å². The van der Waals surface area contributed by atoms with Gasteiger partial charge in [-0.1, -0.05) is 25.0 Å². The summed E-state index contributed by atoms with van der Waals surface area (Å²) in [7, 11) is 0. The molecule has 100 valence electrons. The Labute approximate surface area is 110 Å². The number of nitrogens with two attached hydrogens (primary N) is 1. The zero-order chi connectivity index (χ0) is 12.8. The maximum Gasteiger partial charge on any atom is 0.119 e. The molecule has 0 amide bonds. The Morgan fingerprint density at radius 3 is 2.50 bits per heavy atom. The van der Waals surface area contributed by atoms with Gasteiger partial charge in [-0.05, 0) is 37.5 Å². The Kier molecular flexibility index (Phi) is 5.02. The molecule has 3 N–H and O–H groups in total. The number of hydrogen-bond donors (Lipinski definition) is 2. The third-order valence-corrected chi connectivity index (χ3v) is 3.62. The zero-order valence-electron chi connectivity index (χ0n) is 11.2. The predicted octanol–water partition coefficient (Wildman–Crippen LogP) is 2.62. The van der Waals surface area contributed by atoms with E-state index in [-0.39, 0.29) is 6.04 Å². The number of rotatable bonds is 6. The molecule has 0 heterocycles. The van der Waals surface area contributed by atoms with E-state index in [1.807, 2.05) is 19.1 Å². The molecule has 18 heavy (non-hydrogen) atoms. The molecule has 3 nitrogen and oxygen atoms in total. The van der Waals surface area contributed by atoms with Crippen molar-refractivity contribution in [2.75, 3.05) is 13.2 Å². The maximum atomic E-state index is 5.89. The summed E-state index contributed by atoms with van der Waals surface area (Å²) in [6, 6.07) is 9.19. The Morgan fingerprint density at radius 2 is 1.94 bits per heavy atom. The van der Waals surface area contributed by atoms with E-state index in [4.69, 9.17) is 10.5 Å². The minimum absolute atomic E-state index is 0.267. The fraction of sp³-hybridized carbons (Fsp3) is 0.600. The molecule has 1 unspecified atom stereocenters. The average Bonchev–Trinajstić information content (AvgIpc) is 2.90. The summed E-state index contributed by atoms with van der Waals surface area (Å²) in [5, 5.41) is 3.67. The molecule has 2 rings (SSSR count). The van der Waals surface area contributed by atoms with Crippen LogP contribution in [-0.2, 0) is 0 Å². The molecule has 1 aliphatic carbocycles. The molecule has 1 fully saturated rings. The summed E-state index contributed by atoms with van der Waals surface area (Å²) in [6.45, 7) is 3.35. The highest BCUT2D eigenvalue weighted by Gasteiger charge is 2.19. The first-order valence-electron chi connectivity index (χ1n) is 7.02. The van der Waals surface area contributed by atoms with Crippen molar-refractivity contribution in [1.29, 1.82) is 0 Å². The summed E-state index contributed by atoms with van der Waals surface area (Å²) in [4.78, 5) is 0. The van der Waals surface area contributed by atoms with Crippen LogP contribution in [0.4, 0.5) is 0 Å². The highest BCUT2D eigenvalue weighted by molar-refractivity contribution is 5.29. The van der Waals surface area contributed by atoms with Gasteiger partial charge in [0, 0.05) is 18.6 Å². The Bertz CT molecular complexity index is 344. The van der Waals surface area contributed by atoms with Crippen LogP contribution >= 0.6 is 0 Å². The van der Waals surface area contributed by atoms with Gasteiger partial charge in [0.15, 0.2) is 0 Å². The van der Waals surface area contributed by atoms with E-state index in [0.717, 1.165) is 5.75 Å². The van der Waals surface area contributed by atoms with Crippen molar-refractivity contribution in [3.05, 3.63) is 29.8 Å². The molecule has 0 aliphatic heterocycles. The van der Waals surface area contributed by atoms with Crippen LogP contribution < -0.4 is 15.8 Å². The average molecular weight is 248 g/mol. The summed E-state index contributed by atoms with van der Waals surface area (Å²) >= 11 is 0. The number of benzene rings is 1. The molecule has 0 spiro atoms. The standard InChI is InChI=1S/C15H24N2O/c1-2-18-14-9-7-12(8-10-14)15(11-16)17-13-5-3-4-6-13/h7-10,13,15,17H,2-6,11,16H2,1H3. The molecule has 1 aromatic carbocycles. The number of hydrogen-bond acceptors (Lipinski definition) is 3. The first-order valence-corrected chi connectivity index (χ1v) is 7.02.